The molecule has 0 unspecified atom stereocenters. The Morgan fingerprint density at radius 1 is 1.25 bits per heavy atom. The maximum Gasteiger partial charge on any atom is 0.401 e. The summed E-state index contributed by atoms with van der Waals surface area (Å²) < 4.78 is 33.1. The van der Waals surface area contributed by atoms with Gasteiger partial charge in [0.15, 0.2) is 6.10 Å². The molecule has 0 spiro atoms. The smallest absolute Gasteiger partial charge is 0.237 e. The number of rotatable bonds is 1. The lowest BCUT2D eigenvalue weighted by Gasteiger charge is -2.31. The molecule has 0 radical (unpaired) electrons. The third-order valence-corrected chi connectivity index (χ3v) is 9.39. The van der Waals surface area contributed by atoms with E-state index in [1.54, 1.807) is 6.08 Å². The van der Waals surface area contributed by atoms with Gasteiger partial charge in [-0.1, -0.05) is 39.8 Å². The lowest BCUT2D eigenvalue weighted by Crippen LogP contribution is -2.36. The van der Waals surface area contributed by atoms with E-state index >= 15 is 0 Å². The molecular formula is C12H18Br2O4SSi. The minimum Gasteiger partial charge on any atom is -0.237 e. The highest BCUT2D eigenvalue weighted by atomic mass is 79.9. The van der Waals surface area contributed by atoms with Crippen molar-refractivity contribution in [1.29, 1.82) is 0 Å². The second-order valence-corrected chi connectivity index (χ2v) is 15.1. The van der Waals surface area contributed by atoms with Crippen molar-refractivity contribution in [3.05, 3.63) is 9.47 Å². The van der Waals surface area contributed by atoms with Crippen molar-refractivity contribution in [3.63, 3.8) is 0 Å². The zero-order chi connectivity index (χ0) is 15.8. The molecule has 0 aliphatic carbocycles. The molecule has 1 fully saturated rings. The van der Waals surface area contributed by atoms with Crippen molar-refractivity contribution in [1.82, 2.24) is 0 Å². The fraction of sp³-hybridized carbons (Fsp3) is 0.667. The molecule has 0 amide bonds. The van der Waals surface area contributed by atoms with E-state index in [4.69, 9.17) is 8.37 Å². The monoisotopic (exact) mass is 444 g/mol. The van der Waals surface area contributed by atoms with Crippen molar-refractivity contribution in [2.75, 3.05) is 0 Å². The van der Waals surface area contributed by atoms with Gasteiger partial charge in [-0.3, -0.25) is 0 Å². The third kappa shape index (κ3) is 4.96. The van der Waals surface area contributed by atoms with Crippen LogP contribution in [0.3, 0.4) is 0 Å². The van der Waals surface area contributed by atoms with Crippen LogP contribution in [-0.4, -0.2) is 28.7 Å². The van der Waals surface area contributed by atoms with Crippen LogP contribution < -0.4 is 0 Å². The Kier molecular flexibility index (Phi) is 5.72. The Labute approximate surface area is 138 Å². The number of hydrogen-bond acceptors (Lipinski definition) is 4. The fourth-order valence-electron chi connectivity index (χ4n) is 1.18. The highest BCUT2D eigenvalue weighted by Crippen LogP contribution is 2.35. The molecule has 8 heteroatoms. The zero-order valence-corrected chi connectivity index (χ0v) is 17.0. The zero-order valence-electron chi connectivity index (χ0n) is 12.0. The molecule has 0 saturated carbocycles. The molecule has 0 N–H and O–H groups in total. The summed E-state index contributed by atoms with van der Waals surface area (Å²) >= 11 is 6.36. The number of halogens is 2. The van der Waals surface area contributed by atoms with Gasteiger partial charge >= 0.3 is 10.4 Å². The average molecular weight is 446 g/mol. The summed E-state index contributed by atoms with van der Waals surface area (Å²) in [6, 6.07) is 0. The Bertz CT molecular complexity index is 562. The van der Waals surface area contributed by atoms with E-state index in [9.17, 15) is 8.42 Å². The van der Waals surface area contributed by atoms with Gasteiger partial charge in [-0.15, -0.1) is 5.54 Å². The van der Waals surface area contributed by atoms with Crippen molar-refractivity contribution in [2.45, 2.75) is 51.1 Å². The Morgan fingerprint density at radius 3 is 2.25 bits per heavy atom. The summed E-state index contributed by atoms with van der Waals surface area (Å²) in [6.07, 6.45) is 0.0143. The Morgan fingerprint density at radius 2 is 1.80 bits per heavy atom. The molecule has 4 nitrogen and oxygen atoms in total. The molecule has 2 atom stereocenters. The van der Waals surface area contributed by atoms with Crippen LogP contribution in [0, 0.1) is 11.5 Å². The molecule has 20 heavy (non-hydrogen) atoms. The molecule has 1 aliphatic heterocycles. The molecule has 1 saturated heterocycles. The van der Waals surface area contributed by atoms with E-state index in [-0.39, 0.29) is 5.04 Å². The lowest BCUT2D eigenvalue weighted by molar-refractivity contribution is 0.243. The standard InChI is InChI=1S/C12H18Br2O4SSi/c1-12(2,3)20(4,5)7-6-9-10(8-11(13)14)18-19(15,16)17-9/h8-10H,1-5H3/t9-,10+/m0/s1. The first-order valence-electron chi connectivity index (χ1n) is 6.01. The van der Waals surface area contributed by atoms with Crippen molar-refractivity contribution < 1.29 is 16.8 Å². The summed E-state index contributed by atoms with van der Waals surface area (Å²) in [6.45, 7) is 10.7. The van der Waals surface area contributed by atoms with Gasteiger partial charge in [0.25, 0.3) is 0 Å². The van der Waals surface area contributed by atoms with E-state index < -0.39 is 30.7 Å². The second kappa shape index (κ2) is 6.22. The number of hydrogen-bond donors (Lipinski definition) is 0. The van der Waals surface area contributed by atoms with Crippen LogP contribution in [0.25, 0.3) is 0 Å². The maximum absolute atomic E-state index is 11.4. The first-order chi connectivity index (χ1) is 8.84. The van der Waals surface area contributed by atoms with Crippen LogP contribution in [0.4, 0.5) is 0 Å². The molecule has 1 aliphatic rings. The van der Waals surface area contributed by atoms with E-state index in [0.717, 1.165) is 0 Å². The molecule has 0 aromatic rings. The van der Waals surface area contributed by atoms with Gasteiger partial charge in [0.2, 0.25) is 0 Å². The molecule has 0 aromatic carbocycles. The van der Waals surface area contributed by atoms with Crippen molar-refractivity contribution in [3.8, 4) is 11.5 Å². The fourth-order valence-corrected chi connectivity index (χ4v) is 3.46. The summed E-state index contributed by atoms with van der Waals surface area (Å²) in [7, 11) is -5.79. The lowest BCUT2D eigenvalue weighted by atomic mass is 10.2. The molecule has 0 aromatic heterocycles. The maximum atomic E-state index is 11.4. The average Bonchev–Trinajstić information content (AvgIpc) is 2.47. The van der Waals surface area contributed by atoms with Crippen LogP contribution in [0.5, 0.6) is 0 Å². The van der Waals surface area contributed by atoms with Gasteiger partial charge in [-0.25, -0.2) is 8.37 Å². The molecule has 1 rings (SSSR count). The first-order valence-corrected chi connectivity index (χ1v) is 11.9. The summed E-state index contributed by atoms with van der Waals surface area (Å²) in [5, 5.41) is 0.0969. The quantitative estimate of drug-likeness (QED) is 0.456. The predicted molar refractivity (Wildman–Crippen MR) is 89.6 cm³/mol. The Hall–Kier alpha value is 0.347. The molecule has 0 bridgehead atoms. The van der Waals surface area contributed by atoms with Gasteiger partial charge in [-0.05, 0) is 43.0 Å². The highest BCUT2D eigenvalue weighted by molar-refractivity contribution is 9.28. The van der Waals surface area contributed by atoms with E-state index in [0.29, 0.717) is 3.39 Å². The first kappa shape index (κ1) is 18.4. The van der Waals surface area contributed by atoms with Crippen LogP contribution in [0.15, 0.2) is 9.47 Å². The minimum absolute atomic E-state index is 0.0969. The van der Waals surface area contributed by atoms with Crippen LogP contribution >= 0.6 is 31.9 Å². The summed E-state index contributed by atoms with van der Waals surface area (Å²) in [5.41, 5.74) is 3.24. The second-order valence-electron chi connectivity index (χ2n) is 6.09. The summed E-state index contributed by atoms with van der Waals surface area (Å²) in [4.78, 5) is 0. The van der Waals surface area contributed by atoms with Crippen molar-refractivity contribution >= 4 is 50.3 Å². The molecule has 114 valence electrons. The van der Waals surface area contributed by atoms with Gasteiger partial charge in [0.05, 0.1) is 3.39 Å². The summed E-state index contributed by atoms with van der Waals surface area (Å²) in [5.74, 6) is 2.94. The van der Waals surface area contributed by atoms with Crippen LogP contribution in [0.2, 0.25) is 18.1 Å². The SMILES string of the molecule is CC(C)(C)[Si](C)(C)C#C[C@@H]1OS(=O)(=O)O[C@@H]1C=C(Br)Br. The van der Waals surface area contributed by atoms with Gasteiger partial charge < -0.3 is 0 Å². The van der Waals surface area contributed by atoms with Gasteiger partial charge in [0.1, 0.15) is 14.2 Å². The van der Waals surface area contributed by atoms with Crippen LogP contribution in [0.1, 0.15) is 20.8 Å². The van der Waals surface area contributed by atoms with Gasteiger partial charge in [0, 0.05) is 0 Å². The largest absolute Gasteiger partial charge is 0.401 e. The molecular weight excluding hydrogens is 428 g/mol. The Balaban J connectivity index is 3.05. The van der Waals surface area contributed by atoms with E-state index in [2.05, 4.69) is 77.2 Å². The normalized spacial score (nSPS) is 25.8. The topological polar surface area (TPSA) is 52.6 Å². The third-order valence-electron chi connectivity index (χ3n) is 3.44. The minimum atomic E-state index is -3.97. The molecule has 1 heterocycles. The van der Waals surface area contributed by atoms with Crippen molar-refractivity contribution in [2.24, 2.45) is 0 Å². The van der Waals surface area contributed by atoms with Gasteiger partial charge in [-0.2, -0.15) is 8.42 Å². The predicted octanol–water partition coefficient (Wildman–Crippen LogP) is 3.70. The van der Waals surface area contributed by atoms with E-state index in [1.165, 1.54) is 0 Å². The van der Waals surface area contributed by atoms with E-state index in [1.807, 2.05) is 0 Å². The van der Waals surface area contributed by atoms with Crippen LogP contribution in [-0.2, 0) is 18.8 Å². The highest BCUT2D eigenvalue weighted by Gasteiger charge is 2.39.